The van der Waals surface area contributed by atoms with Crippen molar-refractivity contribution in [3.05, 3.63) is 46.5 Å². The summed E-state index contributed by atoms with van der Waals surface area (Å²) in [6, 6.07) is 3.55. The fraction of sp³-hybridized carbons (Fsp3) is 0.690. The molecule has 0 bridgehead atoms. The quantitative estimate of drug-likeness (QED) is 0.276. The van der Waals surface area contributed by atoms with Crippen LogP contribution in [-0.2, 0) is 16.0 Å². The van der Waals surface area contributed by atoms with E-state index in [0.29, 0.717) is 29.4 Å². The van der Waals surface area contributed by atoms with Crippen molar-refractivity contribution >= 4 is 5.97 Å². The Balaban J connectivity index is 1.29. The Labute approximate surface area is 198 Å². The van der Waals surface area contributed by atoms with Crippen LogP contribution in [0.25, 0.3) is 0 Å². The third-order valence-electron chi connectivity index (χ3n) is 8.50. The van der Waals surface area contributed by atoms with Crippen LogP contribution in [0.15, 0.2) is 23.8 Å². The number of carbonyl (C=O) groups excluding carboxylic acids is 1. The van der Waals surface area contributed by atoms with Crippen molar-refractivity contribution in [2.45, 2.75) is 109 Å². The van der Waals surface area contributed by atoms with Crippen molar-refractivity contribution in [1.82, 2.24) is 0 Å². The van der Waals surface area contributed by atoms with E-state index in [-0.39, 0.29) is 18.0 Å². The van der Waals surface area contributed by atoms with Gasteiger partial charge in [0.05, 0.1) is 0 Å². The molecule has 2 nitrogen and oxygen atoms in total. The normalized spacial score (nSPS) is 29.1. The smallest absolute Gasteiger partial charge is 0.334 e. The molecule has 0 amide bonds. The van der Waals surface area contributed by atoms with E-state index in [2.05, 4.69) is 19.9 Å². The molecule has 4 heteroatoms. The van der Waals surface area contributed by atoms with Crippen molar-refractivity contribution < 1.29 is 18.3 Å². The molecular weight excluding hydrogens is 418 g/mol. The third kappa shape index (κ3) is 5.35. The average Bonchev–Trinajstić information content (AvgIpc) is 3.41. The number of allylic oxidation sites excluding steroid dienone is 1. The first-order valence-electron chi connectivity index (χ1n) is 13.4. The van der Waals surface area contributed by atoms with Gasteiger partial charge in [0.1, 0.15) is 6.10 Å². The molecule has 0 aromatic heterocycles. The molecule has 1 aromatic carbocycles. The summed E-state index contributed by atoms with van der Waals surface area (Å²) in [6.07, 6.45) is 14.3. The number of fused-ring (bicyclic) bond motifs is 1. The molecule has 33 heavy (non-hydrogen) atoms. The van der Waals surface area contributed by atoms with E-state index in [1.807, 2.05) is 0 Å². The van der Waals surface area contributed by atoms with Crippen molar-refractivity contribution in [1.29, 1.82) is 0 Å². The molecular formula is C29H40F2O2. The van der Waals surface area contributed by atoms with Gasteiger partial charge in [0.2, 0.25) is 0 Å². The zero-order valence-corrected chi connectivity index (χ0v) is 20.4. The highest BCUT2D eigenvalue weighted by molar-refractivity contribution is 5.90. The number of hydrogen-bond acceptors (Lipinski definition) is 2. The molecule has 2 fully saturated rings. The Hall–Kier alpha value is -1.71. The SMILES string of the molecule is CCCCCc1ccc(C2CCC(OC(=O)C3=CCC4C(CCC)CCC34)CC2)c(F)c1F. The van der Waals surface area contributed by atoms with Crippen LogP contribution in [0.3, 0.4) is 0 Å². The molecule has 0 saturated heterocycles. The minimum Gasteiger partial charge on any atom is -0.459 e. The minimum atomic E-state index is -0.672. The molecule has 0 N–H and O–H groups in total. The van der Waals surface area contributed by atoms with Crippen LogP contribution in [0.1, 0.15) is 108 Å². The van der Waals surface area contributed by atoms with Crippen LogP contribution in [0.4, 0.5) is 8.78 Å². The lowest BCUT2D eigenvalue weighted by molar-refractivity contribution is -0.146. The molecule has 182 valence electrons. The number of unbranched alkanes of at least 4 members (excludes halogenated alkanes) is 2. The van der Waals surface area contributed by atoms with E-state index in [1.165, 1.54) is 19.3 Å². The van der Waals surface area contributed by atoms with Crippen LogP contribution in [0.5, 0.6) is 0 Å². The van der Waals surface area contributed by atoms with E-state index >= 15 is 0 Å². The highest BCUT2D eigenvalue weighted by atomic mass is 19.2. The van der Waals surface area contributed by atoms with E-state index < -0.39 is 11.6 Å². The third-order valence-corrected chi connectivity index (χ3v) is 8.50. The predicted molar refractivity (Wildman–Crippen MR) is 128 cm³/mol. The summed E-state index contributed by atoms with van der Waals surface area (Å²) >= 11 is 0. The summed E-state index contributed by atoms with van der Waals surface area (Å²) in [5.41, 5.74) is 1.89. The van der Waals surface area contributed by atoms with E-state index in [9.17, 15) is 13.6 Å². The van der Waals surface area contributed by atoms with Gasteiger partial charge in [-0.05, 0) is 92.6 Å². The number of carbonyl (C=O) groups is 1. The van der Waals surface area contributed by atoms with Crippen molar-refractivity contribution in [3.8, 4) is 0 Å². The highest BCUT2D eigenvalue weighted by Crippen LogP contribution is 2.49. The van der Waals surface area contributed by atoms with Gasteiger partial charge >= 0.3 is 5.97 Å². The van der Waals surface area contributed by atoms with Gasteiger partial charge in [-0.1, -0.05) is 57.7 Å². The second-order valence-corrected chi connectivity index (χ2v) is 10.6. The summed E-state index contributed by atoms with van der Waals surface area (Å²) in [5.74, 6) is 0.303. The van der Waals surface area contributed by atoms with Crippen molar-refractivity contribution in [2.75, 3.05) is 0 Å². The molecule has 2 saturated carbocycles. The molecule has 3 aliphatic carbocycles. The average molecular weight is 459 g/mol. The number of aryl methyl sites for hydroxylation is 1. The monoisotopic (exact) mass is 458 g/mol. The van der Waals surface area contributed by atoms with Gasteiger partial charge in [-0.15, -0.1) is 0 Å². The zero-order chi connectivity index (χ0) is 23.4. The maximum Gasteiger partial charge on any atom is 0.334 e. The van der Waals surface area contributed by atoms with Crippen LogP contribution < -0.4 is 0 Å². The first-order chi connectivity index (χ1) is 16.0. The largest absolute Gasteiger partial charge is 0.459 e. The van der Waals surface area contributed by atoms with Crippen molar-refractivity contribution in [2.24, 2.45) is 17.8 Å². The topological polar surface area (TPSA) is 26.3 Å². The standard InChI is InChI=1S/C29H40F2O2/c1-3-5-6-8-21-12-15-24(28(31)27(21)30)20-9-13-22(14-10-20)33-29(32)26-18-17-23-19(7-4-2)11-16-25(23)26/h12,15,18-20,22-23,25H,3-11,13-14,16-17H2,1-2H3. The van der Waals surface area contributed by atoms with Crippen LogP contribution in [-0.4, -0.2) is 12.1 Å². The molecule has 4 rings (SSSR count). The second-order valence-electron chi connectivity index (χ2n) is 10.6. The highest BCUT2D eigenvalue weighted by Gasteiger charge is 2.43. The van der Waals surface area contributed by atoms with E-state index in [1.54, 1.807) is 12.1 Å². The van der Waals surface area contributed by atoms with Gasteiger partial charge in [-0.3, -0.25) is 0 Å². The summed E-state index contributed by atoms with van der Waals surface area (Å²) in [4.78, 5) is 12.9. The summed E-state index contributed by atoms with van der Waals surface area (Å²) in [5, 5.41) is 0. The Morgan fingerprint density at radius 3 is 2.48 bits per heavy atom. The minimum absolute atomic E-state index is 0.00106. The Kier molecular flexibility index (Phi) is 8.24. The molecule has 0 heterocycles. The van der Waals surface area contributed by atoms with Crippen molar-refractivity contribution in [3.63, 3.8) is 0 Å². The van der Waals surface area contributed by atoms with Crippen LogP contribution in [0, 0.1) is 29.4 Å². The number of halogens is 2. The number of rotatable bonds is 9. The first-order valence-corrected chi connectivity index (χ1v) is 13.4. The number of ether oxygens (including phenoxy) is 1. The Morgan fingerprint density at radius 2 is 1.76 bits per heavy atom. The molecule has 0 radical (unpaired) electrons. The predicted octanol–water partition coefficient (Wildman–Crippen LogP) is 8.04. The molecule has 0 aliphatic heterocycles. The fourth-order valence-corrected chi connectivity index (χ4v) is 6.66. The van der Waals surface area contributed by atoms with Gasteiger partial charge in [0.15, 0.2) is 11.6 Å². The molecule has 1 aromatic rings. The van der Waals surface area contributed by atoms with Gasteiger partial charge in [-0.25, -0.2) is 13.6 Å². The van der Waals surface area contributed by atoms with Gasteiger partial charge in [-0.2, -0.15) is 0 Å². The lowest BCUT2D eigenvalue weighted by Crippen LogP contribution is -2.26. The van der Waals surface area contributed by atoms with Gasteiger partial charge in [0, 0.05) is 5.57 Å². The lowest BCUT2D eigenvalue weighted by Gasteiger charge is -2.29. The van der Waals surface area contributed by atoms with Crippen LogP contribution >= 0.6 is 0 Å². The van der Waals surface area contributed by atoms with E-state index in [0.717, 1.165) is 69.3 Å². The summed E-state index contributed by atoms with van der Waals surface area (Å²) < 4.78 is 35.3. The number of hydrogen-bond donors (Lipinski definition) is 0. The maximum absolute atomic E-state index is 14.8. The first kappa shape index (κ1) is 24.4. The summed E-state index contributed by atoms with van der Waals surface area (Å²) in [7, 11) is 0. The fourth-order valence-electron chi connectivity index (χ4n) is 6.66. The summed E-state index contributed by atoms with van der Waals surface area (Å²) in [6.45, 7) is 4.34. The Bertz CT molecular complexity index is 853. The second kappa shape index (κ2) is 11.1. The Morgan fingerprint density at radius 1 is 0.970 bits per heavy atom. The molecule has 0 spiro atoms. The number of benzene rings is 1. The zero-order valence-electron chi connectivity index (χ0n) is 20.4. The molecule has 3 aliphatic rings. The maximum atomic E-state index is 14.8. The van der Waals surface area contributed by atoms with Crippen LogP contribution in [0.2, 0.25) is 0 Å². The lowest BCUT2D eigenvalue weighted by atomic mass is 9.82. The van der Waals surface area contributed by atoms with Gasteiger partial charge < -0.3 is 4.74 Å². The number of esters is 1. The van der Waals surface area contributed by atoms with E-state index in [4.69, 9.17) is 4.74 Å². The van der Waals surface area contributed by atoms with Gasteiger partial charge in [0.25, 0.3) is 0 Å². The molecule has 3 atom stereocenters. The molecule has 3 unspecified atom stereocenters.